The topological polar surface area (TPSA) is 18.5 Å². The van der Waals surface area contributed by atoms with Gasteiger partial charge in [0, 0.05) is 11.1 Å². The van der Waals surface area contributed by atoms with Gasteiger partial charge < -0.3 is 9.47 Å². The van der Waals surface area contributed by atoms with Gasteiger partial charge in [-0.25, -0.2) is 0 Å². The summed E-state index contributed by atoms with van der Waals surface area (Å²) in [6.07, 6.45) is 0. The molecule has 0 spiro atoms. The van der Waals surface area contributed by atoms with E-state index in [1.54, 1.807) is 0 Å². The zero-order chi connectivity index (χ0) is 19.7. The molecule has 4 aromatic rings. The summed E-state index contributed by atoms with van der Waals surface area (Å²) in [5.74, 6) is 1.43. The Bertz CT molecular complexity index is 1040. The fourth-order valence-electron chi connectivity index (χ4n) is 3.57. The first kappa shape index (κ1) is 18.9. The van der Waals surface area contributed by atoms with Crippen LogP contribution in [0.3, 0.4) is 0 Å². The van der Waals surface area contributed by atoms with E-state index in [-0.39, 0.29) is 0 Å². The zero-order valence-electron chi connectivity index (χ0n) is 15.7. The van der Waals surface area contributed by atoms with E-state index in [1.807, 2.05) is 62.4 Å². The number of hydrogen-bond donors (Lipinski definition) is 0. The van der Waals surface area contributed by atoms with Gasteiger partial charge in [-0.1, -0.05) is 83.9 Å². The second-order valence-corrected chi connectivity index (χ2v) is 7.87. The van der Waals surface area contributed by atoms with E-state index < -0.39 is 11.1 Å². The molecular formula is C24H20Cl2O2. The molecule has 4 rings (SSSR count). The lowest BCUT2D eigenvalue weighted by Crippen LogP contribution is -2.06. The smallest absolute Gasteiger partial charge is 0.169 e. The molecule has 0 unspecified atom stereocenters. The Hall–Kier alpha value is -2.42. The standard InChI is InChI=1S/C24H20Cl2O2/c1-15(25)27-21-13-11-17-7-3-5-9-19(17)23(21)24-20-10-6-4-8-18(20)12-14-22(24)28-16(2)26/h3-16H,1-2H3/t15-,16-/m1/s1. The van der Waals surface area contributed by atoms with Crippen molar-refractivity contribution >= 4 is 44.7 Å². The van der Waals surface area contributed by atoms with E-state index in [0.29, 0.717) is 11.5 Å². The molecule has 0 fully saturated rings. The third-order valence-electron chi connectivity index (χ3n) is 4.61. The molecule has 0 N–H and O–H groups in total. The van der Waals surface area contributed by atoms with Crippen LogP contribution in [0.4, 0.5) is 0 Å². The Labute approximate surface area is 174 Å². The lowest BCUT2D eigenvalue weighted by atomic mass is 9.92. The summed E-state index contributed by atoms with van der Waals surface area (Å²) in [5, 5.41) is 4.37. The first-order chi connectivity index (χ1) is 13.5. The van der Waals surface area contributed by atoms with Crippen LogP contribution in [0.2, 0.25) is 0 Å². The van der Waals surface area contributed by atoms with Crippen LogP contribution in [0.5, 0.6) is 11.5 Å². The van der Waals surface area contributed by atoms with Crippen molar-refractivity contribution in [2.75, 3.05) is 0 Å². The second kappa shape index (κ2) is 7.90. The van der Waals surface area contributed by atoms with Crippen molar-refractivity contribution in [3.05, 3.63) is 72.8 Å². The van der Waals surface area contributed by atoms with E-state index in [0.717, 1.165) is 32.7 Å². The van der Waals surface area contributed by atoms with Crippen molar-refractivity contribution in [3.63, 3.8) is 0 Å². The van der Waals surface area contributed by atoms with Gasteiger partial charge in [-0.05, 0) is 47.5 Å². The van der Waals surface area contributed by atoms with Crippen LogP contribution in [-0.4, -0.2) is 11.1 Å². The van der Waals surface area contributed by atoms with Crippen LogP contribution >= 0.6 is 23.2 Å². The highest BCUT2D eigenvalue weighted by atomic mass is 35.5. The Kier molecular flexibility index (Phi) is 5.34. The number of fused-ring (bicyclic) bond motifs is 2. The molecule has 0 aromatic heterocycles. The normalized spacial score (nSPS) is 13.4. The number of hydrogen-bond acceptors (Lipinski definition) is 2. The molecule has 0 amide bonds. The molecule has 2 atom stereocenters. The zero-order valence-corrected chi connectivity index (χ0v) is 17.2. The minimum atomic E-state index is -0.466. The molecule has 0 aliphatic heterocycles. The predicted molar refractivity (Wildman–Crippen MR) is 119 cm³/mol. The Morgan fingerprint density at radius 2 is 0.964 bits per heavy atom. The monoisotopic (exact) mass is 410 g/mol. The number of rotatable bonds is 5. The minimum absolute atomic E-state index is 0.466. The maximum absolute atomic E-state index is 6.19. The lowest BCUT2D eigenvalue weighted by Gasteiger charge is -2.21. The molecule has 0 saturated heterocycles. The number of benzene rings is 4. The second-order valence-electron chi connectivity index (χ2n) is 6.64. The fraction of sp³-hybridized carbons (Fsp3) is 0.167. The summed E-state index contributed by atoms with van der Waals surface area (Å²) < 4.78 is 12.0. The Morgan fingerprint density at radius 3 is 1.36 bits per heavy atom. The van der Waals surface area contributed by atoms with Crippen molar-refractivity contribution in [3.8, 4) is 22.6 Å². The maximum Gasteiger partial charge on any atom is 0.169 e. The van der Waals surface area contributed by atoms with Crippen molar-refractivity contribution in [1.82, 2.24) is 0 Å². The summed E-state index contributed by atoms with van der Waals surface area (Å²) >= 11 is 12.4. The van der Waals surface area contributed by atoms with Gasteiger partial charge in [0.05, 0.1) is 0 Å². The van der Waals surface area contributed by atoms with Crippen LogP contribution in [0, 0.1) is 0 Å². The van der Waals surface area contributed by atoms with E-state index in [9.17, 15) is 0 Å². The Morgan fingerprint density at radius 1 is 0.571 bits per heavy atom. The summed E-state index contributed by atoms with van der Waals surface area (Å²) in [5.41, 5.74) is 0.974. The van der Waals surface area contributed by atoms with Crippen molar-refractivity contribution in [2.24, 2.45) is 0 Å². The van der Waals surface area contributed by atoms with Gasteiger partial charge in [-0.15, -0.1) is 0 Å². The summed E-state index contributed by atoms with van der Waals surface area (Å²) in [6, 6.07) is 24.5. The molecule has 0 aliphatic rings. The van der Waals surface area contributed by atoms with E-state index in [2.05, 4.69) is 24.3 Å². The maximum atomic E-state index is 6.19. The van der Waals surface area contributed by atoms with Crippen LogP contribution < -0.4 is 9.47 Å². The molecule has 0 heterocycles. The van der Waals surface area contributed by atoms with Crippen LogP contribution in [0.1, 0.15) is 13.8 Å². The van der Waals surface area contributed by atoms with Crippen molar-refractivity contribution < 1.29 is 9.47 Å². The average Bonchev–Trinajstić information content (AvgIpc) is 2.67. The molecule has 4 heteroatoms. The fourth-order valence-corrected chi connectivity index (χ4v) is 3.76. The van der Waals surface area contributed by atoms with Gasteiger partial charge in [-0.2, -0.15) is 0 Å². The average molecular weight is 411 g/mol. The molecule has 0 radical (unpaired) electrons. The Balaban J connectivity index is 2.13. The molecule has 0 aliphatic carbocycles. The highest BCUT2D eigenvalue weighted by Gasteiger charge is 2.20. The van der Waals surface area contributed by atoms with Crippen LogP contribution in [0.25, 0.3) is 32.7 Å². The van der Waals surface area contributed by atoms with E-state index in [4.69, 9.17) is 32.7 Å². The number of halogens is 2. The van der Waals surface area contributed by atoms with Gasteiger partial charge >= 0.3 is 0 Å². The molecule has 0 bridgehead atoms. The van der Waals surface area contributed by atoms with Gasteiger partial charge in [-0.3, -0.25) is 0 Å². The molecule has 142 valence electrons. The summed E-state index contributed by atoms with van der Waals surface area (Å²) in [4.78, 5) is 0. The first-order valence-corrected chi connectivity index (χ1v) is 10.1. The molecule has 2 nitrogen and oxygen atoms in total. The minimum Gasteiger partial charge on any atom is -0.474 e. The molecular weight excluding hydrogens is 391 g/mol. The highest BCUT2D eigenvalue weighted by molar-refractivity contribution is 6.20. The van der Waals surface area contributed by atoms with Gasteiger partial charge in [0.15, 0.2) is 11.1 Å². The molecule has 28 heavy (non-hydrogen) atoms. The van der Waals surface area contributed by atoms with Crippen molar-refractivity contribution in [2.45, 2.75) is 25.0 Å². The van der Waals surface area contributed by atoms with Gasteiger partial charge in [0.25, 0.3) is 0 Å². The van der Waals surface area contributed by atoms with Gasteiger partial charge in [0.1, 0.15) is 11.5 Å². The summed E-state index contributed by atoms with van der Waals surface area (Å²) in [7, 11) is 0. The lowest BCUT2D eigenvalue weighted by molar-refractivity contribution is 0.298. The number of alkyl halides is 2. The third-order valence-corrected chi connectivity index (χ3v) is 4.79. The van der Waals surface area contributed by atoms with Crippen molar-refractivity contribution in [1.29, 1.82) is 0 Å². The SMILES string of the molecule is C[C@H](Cl)Oc1ccc2ccccc2c1-c1c(O[C@H](C)Cl)ccc2ccccc12. The van der Waals surface area contributed by atoms with E-state index >= 15 is 0 Å². The largest absolute Gasteiger partial charge is 0.474 e. The molecule has 0 saturated carbocycles. The van der Waals surface area contributed by atoms with Crippen LogP contribution in [-0.2, 0) is 0 Å². The third kappa shape index (κ3) is 3.63. The van der Waals surface area contributed by atoms with Gasteiger partial charge in [0.2, 0.25) is 0 Å². The quantitative estimate of drug-likeness (QED) is 0.315. The van der Waals surface area contributed by atoms with E-state index in [1.165, 1.54) is 0 Å². The highest BCUT2D eigenvalue weighted by Crippen LogP contribution is 2.46. The van der Waals surface area contributed by atoms with Crippen LogP contribution in [0.15, 0.2) is 72.8 Å². The summed E-state index contributed by atoms with van der Waals surface area (Å²) in [6.45, 7) is 3.61. The molecule has 4 aromatic carbocycles. The predicted octanol–water partition coefficient (Wildman–Crippen LogP) is 7.59. The number of ether oxygens (including phenoxy) is 2. The first-order valence-electron chi connectivity index (χ1n) is 9.20.